The van der Waals surface area contributed by atoms with E-state index in [2.05, 4.69) is 18.2 Å². The third kappa shape index (κ3) is 12.9. The SMILES string of the molecule is C=C(C)OC(=O)OCCCCCCCCCC. The van der Waals surface area contributed by atoms with Crippen LogP contribution >= 0.6 is 0 Å². The fraction of sp³-hybridized carbons (Fsp3) is 0.786. The number of carbonyl (C=O) groups excluding carboxylic acids is 1. The first-order valence-electron chi connectivity index (χ1n) is 6.67. The molecule has 0 aliphatic rings. The van der Waals surface area contributed by atoms with Crippen LogP contribution in [-0.2, 0) is 9.47 Å². The summed E-state index contributed by atoms with van der Waals surface area (Å²) in [6.45, 7) is 7.76. The van der Waals surface area contributed by atoms with Gasteiger partial charge in [-0.15, -0.1) is 0 Å². The summed E-state index contributed by atoms with van der Waals surface area (Å²) in [7, 11) is 0. The standard InChI is InChI=1S/C14H26O3/c1-4-5-6-7-8-9-10-11-12-16-14(15)17-13(2)3/h2,4-12H2,1,3H3. The van der Waals surface area contributed by atoms with E-state index in [1.54, 1.807) is 6.92 Å². The fourth-order valence-electron chi connectivity index (χ4n) is 1.56. The molecule has 0 fully saturated rings. The molecule has 17 heavy (non-hydrogen) atoms. The van der Waals surface area contributed by atoms with E-state index in [0.717, 1.165) is 12.8 Å². The van der Waals surface area contributed by atoms with Crippen LogP contribution in [0.5, 0.6) is 0 Å². The second kappa shape index (κ2) is 11.5. The van der Waals surface area contributed by atoms with Crippen molar-refractivity contribution in [1.82, 2.24) is 0 Å². The fourth-order valence-corrected chi connectivity index (χ4v) is 1.56. The van der Waals surface area contributed by atoms with Crippen molar-refractivity contribution in [1.29, 1.82) is 0 Å². The van der Waals surface area contributed by atoms with Crippen molar-refractivity contribution in [3.05, 3.63) is 12.3 Å². The number of hydrogen-bond acceptors (Lipinski definition) is 3. The molecule has 100 valence electrons. The molecular weight excluding hydrogens is 216 g/mol. The van der Waals surface area contributed by atoms with Gasteiger partial charge in [0.2, 0.25) is 0 Å². The lowest BCUT2D eigenvalue weighted by molar-refractivity contribution is 0.0763. The molecule has 0 saturated heterocycles. The quantitative estimate of drug-likeness (QED) is 0.313. The van der Waals surface area contributed by atoms with Crippen molar-refractivity contribution >= 4 is 6.16 Å². The van der Waals surface area contributed by atoms with Crippen LogP contribution in [-0.4, -0.2) is 12.8 Å². The molecule has 0 rings (SSSR count). The maximum absolute atomic E-state index is 11.0. The maximum Gasteiger partial charge on any atom is 0.513 e. The summed E-state index contributed by atoms with van der Waals surface area (Å²) in [6, 6.07) is 0. The molecule has 0 aromatic heterocycles. The zero-order valence-electron chi connectivity index (χ0n) is 11.3. The lowest BCUT2D eigenvalue weighted by Gasteiger charge is -2.05. The molecule has 0 atom stereocenters. The molecule has 0 heterocycles. The number of carbonyl (C=O) groups is 1. The number of ether oxygens (including phenoxy) is 2. The van der Waals surface area contributed by atoms with Crippen molar-refractivity contribution in [3.8, 4) is 0 Å². The molecule has 0 aliphatic heterocycles. The topological polar surface area (TPSA) is 35.5 Å². The monoisotopic (exact) mass is 242 g/mol. The van der Waals surface area contributed by atoms with Gasteiger partial charge < -0.3 is 9.47 Å². The molecule has 0 aromatic rings. The Bertz CT molecular complexity index is 212. The Morgan fingerprint density at radius 1 is 1.00 bits per heavy atom. The smallest absolute Gasteiger partial charge is 0.434 e. The van der Waals surface area contributed by atoms with Gasteiger partial charge in [-0.25, -0.2) is 4.79 Å². The number of rotatable bonds is 10. The molecule has 0 bridgehead atoms. The van der Waals surface area contributed by atoms with E-state index in [4.69, 9.17) is 4.74 Å². The highest BCUT2D eigenvalue weighted by atomic mass is 16.7. The molecule has 3 nitrogen and oxygen atoms in total. The Balaban J connectivity index is 3.13. The molecule has 0 saturated carbocycles. The van der Waals surface area contributed by atoms with Gasteiger partial charge >= 0.3 is 6.16 Å². The zero-order valence-corrected chi connectivity index (χ0v) is 11.3. The van der Waals surface area contributed by atoms with Gasteiger partial charge in [0.05, 0.1) is 6.61 Å². The third-order valence-corrected chi connectivity index (χ3v) is 2.48. The van der Waals surface area contributed by atoms with Gasteiger partial charge in [0.25, 0.3) is 0 Å². The Hall–Kier alpha value is -0.990. The van der Waals surface area contributed by atoms with Gasteiger partial charge in [-0.1, -0.05) is 58.4 Å². The highest BCUT2D eigenvalue weighted by Crippen LogP contribution is 2.08. The van der Waals surface area contributed by atoms with Crippen LogP contribution in [0, 0.1) is 0 Å². The third-order valence-electron chi connectivity index (χ3n) is 2.48. The highest BCUT2D eigenvalue weighted by Gasteiger charge is 2.02. The van der Waals surface area contributed by atoms with E-state index in [0.29, 0.717) is 12.4 Å². The highest BCUT2D eigenvalue weighted by molar-refractivity contribution is 5.61. The van der Waals surface area contributed by atoms with Crippen LogP contribution in [0.4, 0.5) is 4.79 Å². The first-order valence-corrected chi connectivity index (χ1v) is 6.67. The first-order chi connectivity index (χ1) is 8.16. The van der Waals surface area contributed by atoms with Crippen molar-refractivity contribution in [2.75, 3.05) is 6.61 Å². The average molecular weight is 242 g/mol. The van der Waals surface area contributed by atoms with E-state index in [1.165, 1.54) is 38.5 Å². The summed E-state index contributed by atoms with van der Waals surface area (Å²) in [5.74, 6) is 0.367. The predicted octanol–water partition coefficient (Wildman–Crippen LogP) is 4.81. The summed E-state index contributed by atoms with van der Waals surface area (Å²) in [5, 5.41) is 0. The minimum Gasteiger partial charge on any atom is -0.434 e. The number of hydrogen-bond donors (Lipinski definition) is 0. The summed E-state index contributed by atoms with van der Waals surface area (Å²) in [4.78, 5) is 11.0. The van der Waals surface area contributed by atoms with Gasteiger partial charge in [-0.2, -0.15) is 0 Å². The second-order valence-corrected chi connectivity index (χ2v) is 4.38. The van der Waals surface area contributed by atoms with Crippen LogP contribution in [0.15, 0.2) is 12.3 Å². The molecule has 0 unspecified atom stereocenters. The largest absolute Gasteiger partial charge is 0.513 e. The van der Waals surface area contributed by atoms with E-state index in [1.807, 2.05) is 0 Å². The molecule has 3 heteroatoms. The minimum absolute atomic E-state index is 0.367. The molecular formula is C14H26O3. The normalized spacial score (nSPS) is 10.0. The van der Waals surface area contributed by atoms with E-state index in [-0.39, 0.29) is 0 Å². The van der Waals surface area contributed by atoms with Crippen LogP contribution in [0.1, 0.15) is 65.2 Å². The maximum atomic E-state index is 11.0. The van der Waals surface area contributed by atoms with Crippen LogP contribution in [0.3, 0.4) is 0 Å². The van der Waals surface area contributed by atoms with Gasteiger partial charge in [0.1, 0.15) is 5.76 Å². The van der Waals surface area contributed by atoms with Crippen LogP contribution in [0.25, 0.3) is 0 Å². The first kappa shape index (κ1) is 16.0. The molecule has 0 N–H and O–H groups in total. The van der Waals surface area contributed by atoms with Crippen molar-refractivity contribution in [2.24, 2.45) is 0 Å². The number of unbranched alkanes of at least 4 members (excludes halogenated alkanes) is 7. The number of allylic oxidation sites excluding steroid dienone is 1. The lowest BCUT2D eigenvalue weighted by atomic mass is 10.1. The van der Waals surface area contributed by atoms with Crippen molar-refractivity contribution in [3.63, 3.8) is 0 Å². The molecule has 0 amide bonds. The van der Waals surface area contributed by atoms with Gasteiger partial charge in [-0.3, -0.25) is 0 Å². The van der Waals surface area contributed by atoms with Crippen LogP contribution < -0.4 is 0 Å². The zero-order chi connectivity index (χ0) is 12.9. The van der Waals surface area contributed by atoms with Gasteiger partial charge in [0, 0.05) is 0 Å². The summed E-state index contributed by atoms with van der Waals surface area (Å²) in [6.07, 6.45) is 9.21. The van der Waals surface area contributed by atoms with E-state index >= 15 is 0 Å². The Morgan fingerprint density at radius 2 is 1.53 bits per heavy atom. The second-order valence-electron chi connectivity index (χ2n) is 4.38. The molecule has 0 spiro atoms. The predicted molar refractivity (Wildman–Crippen MR) is 69.9 cm³/mol. The van der Waals surface area contributed by atoms with E-state index in [9.17, 15) is 4.79 Å². The van der Waals surface area contributed by atoms with E-state index < -0.39 is 6.16 Å². The molecule has 0 aromatic carbocycles. The lowest BCUT2D eigenvalue weighted by Crippen LogP contribution is -2.06. The molecule has 0 aliphatic carbocycles. The Labute approximate surface area is 105 Å². The summed E-state index contributed by atoms with van der Waals surface area (Å²) < 4.78 is 9.54. The van der Waals surface area contributed by atoms with Crippen LogP contribution in [0.2, 0.25) is 0 Å². The van der Waals surface area contributed by atoms with Gasteiger partial charge in [-0.05, 0) is 13.3 Å². The summed E-state index contributed by atoms with van der Waals surface area (Å²) >= 11 is 0. The minimum atomic E-state index is -0.638. The average Bonchev–Trinajstić information content (AvgIpc) is 2.26. The van der Waals surface area contributed by atoms with Crippen molar-refractivity contribution < 1.29 is 14.3 Å². The summed E-state index contributed by atoms with van der Waals surface area (Å²) in [5.41, 5.74) is 0. The van der Waals surface area contributed by atoms with Gasteiger partial charge in [0.15, 0.2) is 0 Å². The Kier molecular flexibility index (Phi) is 10.8. The molecule has 0 radical (unpaired) electrons. The van der Waals surface area contributed by atoms with Crippen molar-refractivity contribution in [2.45, 2.75) is 65.2 Å². The Morgan fingerprint density at radius 3 is 2.06 bits per heavy atom.